The Morgan fingerprint density at radius 3 is 3.00 bits per heavy atom. The van der Waals surface area contributed by atoms with Crippen molar-refractivity contribution >= 4 is 22.8 Å². The maximum atomic E-state index is 4.72. The highest BCUT2D eigenvalue weighted by atomic mass is 32.2. The molecule has 1 aliphatic rings. The topological polar surface area (TPSA) is 44.8 Å². The fourth-order valence-electron chi connectivity index (χ4n) is 3.40. The van der Waals surface area contributed by atoms with Crippen molar-refractivity contribution < 1.29 is 0 Å². The molecule has 0 spiro atoms. The predicted molar refractivity (Wildman–Crippen MR) is 100 cm³/mol. The second-order valence-electron chi connectivity index (χ2n) is 6.37. The lowest BCUT2D eigenvalue weighted by Gasteiger charge is -2.18. The van der Waals surface area contributed by atoms with Gasteiger partial charge in [0.2, 0.25) is 0 Å². The van der Waals surface area contributed by atoms with Gasteiger partial charge in [-0.2, -0.15) is 0 Å². The molecule has 1 aromatic carbocycles. The van der Waals surface area contributed by atoms with Crippen LogP contribution in [0.4, 0.5) is 0 Å². The molecule has 0 amide bonds. The normalized spacial score (nSPS) is 18.5. The molecule has 0 radical (unpaired) electrons. The third kappa shape index (κ3) is 3.19. The van der Waals surface area contributed by atoms with Crippen LogP contribution in [-0.4, -0.2) is 45.2 Å². The van der Waals surface area contributed by atoms with Crippen molar-refractivity contribution in [2.75, 3.05) is 19.3 Å². The van der Waals surface area contributed by atoms with Crippen molar-refractivity contribution in [2.45, 2.75) is 30.3 Å². The van der Waals surface area contributed by atoms with Gasteiger partial charge in [-0.3, -0.25) is 0 Å². The van der Waals surface area contributed by atoms with E-state index in [2.05, 4.69) is 34.0 Å². The Labute approximate surface area is 146 Å². The number of imidazole rings is 1. The summed E-state index contributed by atoms with van der Waals surface area (Å²) in [5.74, 6) is 2.00. The zero-order valence-corrected chi connectivity index (χ0v) is 14.7. The summed E-state index contributed by atoms with van der Waals surface area (Å²) in [6.45, 7) is 1.24. The molecule has 24 heavy (non-hydrogen) atoms. The lowest BCUT2D eigenvalue weighted by atomic mass is 10.2. The number of fused-ring (bicyclic) bond motifs is 1. The highest BCUT2D eigenvalue weighted by Gasteiger charge is 2.20. The van der Waals surface area contributed by atoms with Gasteiger partial charge in [0.15, 0.2) is 0 Å². The summed E-state index contributed by atoms with van der Waals surface area (Å²) in [7, 11) is 2.24. The van der Waals surface area contributed by atoms with Crippen LogP contribution in [0.1, 0.15) is 19.3 Å². The second-order valence-corrected chi connectivity index (χ2v) is 7.46. The minimum absolute atomic E-state index is 0.732. The zero-order valence-electron chi connectivity index (χ0n) is 13.9. The Morgan fingerprint density at radius 1 is 1.25 bits per heavy atom. The van der Waals surface area contributed by atoms with Gasteiger partial charge in [-0.1, -0.05) is 12.1 Å². The number of rotatable bonds is 5. The molecule has 1 fully saturated rings. The Bertz CT molecular complexity index is 796. The number of hydrogen-bond acceptors (Lipinski definition) is 4. The fraction of sp³-hybridized carbons (Fsp3) is 0.368. The average molecular weight is 338 g/mol. The van der Waals surface area contributed by atoms with E-state index in [-0.39, 0.29) is 0 Å². The molecule has 1 atom stereocenters. The average Bonchev–Trinajstić information content (AvgIpc) is 3.21. The van der Waals surface area contributed by atoms with Crippen LogP contribution < -0.4 is 0 Å². The van der Waals surface area contributed by atoms with Crippen molar-refractivity contribution in [1.82, 2.24) is 19.9 Å². The Hall–Kier alpha value is -1.85. The molecule has 4 rings (SSSR count). The maximum Gasteiger partial charge on any atom is 0.141 e. The van der Waals surface area contributed by atoms with Gasteiger partial charge in [0.1, 0.15) is 10.9 Å². The van der Waals surface area contributed by atoms with Crippen molar-refractivity contribution in [2.24, 2.45) is 0 Å². The molecule has 1 saturated heterocycles. The molecule has 1 N–H and O–H groups in total. The first-order valence-corrected chi connectivity index (χ1v) is 9.53. The van der Waals surface area contributed by atoms with Gasteiger partial charge in [-0.25, -0.2) is 9.97 Å². The van der Waals surface area contributed by atoms with E-state index in [1.165, 1.54) is 25.8 Å². The Balaban J connectivity index is 1.52. The standard InChI is InChI=1S/C19H22N4S/c1-23-12-5-6-14(23)10-13-24-19-15(7-4-11-20-19)18-21-16-8-2-3-9-17(16)22-18/h2-4,7-9,11,14H,5-6,10,12-13H2,1H3,(H,21,22). The summed E-state index contributed by atoms with van der Waals surface area (Å²) >= 11 is 1.84. The summed E-state index contributed by atoms with van der Waals surface area (Å²) in [4.78, 5) is 15.2. The number of aromatic amines is 1. The number of likely N-dealkylation sites (tertiary alicyclic amines) is 1. The molecular formula is C19H22N4S. The maximum absolute atomic E-state index is 4.72. The van der Waals surface area contributed by atoms with Gasteiger partial charge >= 0.3 is 0 Å². The van der Waals surface area contributed by atoms with E-state index in [0.717, 1.165) is 39.2 Å². The van der Waals surface area contributed by atoms with E-state index >= 15 is 0 Å². The van der Waals surface area contributed by atoms with Crippen LogP contribution in [0.2, 0.25) is 0 Å². The second kappa shape index (κ2) is 6.95. The monoisotopic (exact) mass is 338 g/mol. The number of thioether (sulfide) groups is 1. The highest BCUT2D eigenvalue weighted by Crippen LogP contribution is 2.30. The SMILES string of the molecule is CN1CCCC1CCSc1ncccc1-c1nc2ccccc2[nH]1. The minimum Gasteiger partial charge on any atom is -0.338 e. The zero-order chi connectivity index (χ0) is 16.4. The number of benzene rings is 1. The predicted octanol–water partition coefficient (Wildman–Crippen LogP) is 4.20. The number of nitrogens with zero attached hydrogens (tertiary/aromatic N) is 3. The number of H-pyrrole nitrogens is 1. The summed E-state index contributed by atoms with van der Waals surface area (Å²) in [5, 5.41) is 1.07. The van der Waals surface area contributed by atoms with Crippen LogP contribution in [0.25, 0.3) is 22.4 Å². The van der Waals surface area contributed by atoms with Gasteiger partial charge in [0, 0.05) is 23.6 Å². The number of hydrogen-bond donors (Lipinski definition) is 1. The lowest BCUT2D eigenvalue weighted by molar-refractivity contribution is 0.305. The van der Waals surface area contributed by atoms with E-state index in [1.54, 1.807) is 0 Å². The Kier molecular flexibility index (Phi) is 4.54. The van der Waals surface area contributed by atoms with E-state index in [9.17, 15) is 0 Å². The number of aromatic nitrogens is 3. The molecule has 3 aromatic rings. The van der Waals surface area contributed by atoms with Crippen LogP contribution in [-0.2, 0) is 0 Å². The van der Waals surface area contributed by atoms with E-state index < -0.39 is 0 Å². The summed E-state index contributed by atoms with van der Waals surface area (Å²) < 4.78 is 0. The minimum atomic E-state index is 0.732. The molecule has 0 aliphatic carbocycles. The van der Waals surface area contributed by atoms with Crippen LogP contribution >= 0.6 is 11.8 Å². The van der Waals surface area contributed by atoms with Gasteiger partial charge in [-0.05, 0) is 57.1 Å². The van der Waals surface area contributed by atoms with Crippen molar-refractivity contribution in [3.63, 3.8) is 0 Å². The van der Waals surface area contributed by atoms with Gasteiger partial charge in [-0.15, -0.1) is 11.8 Å². The molecule has 0 bridgehead atoms. The quantitative estimate of drug-likeness (QED) is 0.708. The largest absolute Gasteiger partial charge is 0.338 e. The van der Waals surface area contributed by atoms with Crippen molar-refractivity contribution in [3.8, 4) is 11.4 Å². The summed E-state index contributed by atoms with van der Waals surface area (Å²) in [6.07, 6.45) is 5.75. The van der Waals surface area contributed by atoms with Crippen LogP contribution in [0.15, 0.2) is 47.6 Å². The molecule has 1 unspecified atom stereocenters. The van der Waals surface area contributed by atoms with E-state index in [1.807, 2.05) is 42.2 Å². The molecular weight excluding hydrogens is 316 g/mol. The first kappa shape index (κ1) is 15.7. The van der Waals surface area contributed by atoms with Gasteiger partial charge in [0.25, 0.3) is 0 Å². The van der Waals surface area contributed by atoms with E-state index in [0.29, 0.717) is 0 Å². The summed E-state index contributed by atoms with van der Waals surface area (Å²) in [6, 6.07) is 13.0. The summed E-state index contributed by atoms with van der Waals surface area (Å²) in [5.41, 5.74) is 3.17. The van der Waals surface area contributed by atoms with Crippen LogP contribution in [0.5, 0.6) is 0 Å². The first-order valence-electron chi connectivity index (χ1n) is 8.54. The number of pyridine rings is 1. The highest BCUT2D eigenvalue weighted by molar-refractivity contribution is 7.99. The molecule has 3 heterocycles. The van der Waals surface area contributed by atoms with Crippen molar-refractivity contribution in [3.05, 3.63) is 42.6 Å². The van der Waals surface area contributed by atoms with E-state index in [4.69, 9.17) is 4.98 Å². The number of nitrogens with one attached hydrogen (secondary N) is 1. The van der Waals surface area contributed by atoms with Crippen molar-refractivity contribution in [1.29, 1.82) is 0 Å². The smallest absolute Gasteiger partial charge is 0.141 e. The molecule has 2 aromatic heterocycles. The Morgan fingerprint density at radius 2 is 2.17 bits per heavy atom. The molecule has 5 heteroatoms. The van der Waals surface area contributed by atoms with Gasteiger partial charge in [0.05, 0.1) is 11.0 Å². The third-order valence-corrected chi connectivity index (χ3v) is 5.82. The first-order chi connectivity index (χ1) is 11.8. The molecule has 4 nitrogen and oxygen atoms in total. The van der Waals surface area contributed by atoms with Crippen LogP contribution in [0.3, 0.4) is 0 Å². The molecule has 124 valence electrons. The molecule has 0 saturated carbocycles. The molecule has 1 aliphatic heterocycles. The fourth-order valence-corrected chi connectivity index (χ4v) is 4.44. The van der Waals surface area contributed by atoms with Crippen LogP contribution in [0, 0.1) is 0 Å². The lowest BCUT2D eigenvalue weighted by Crippen LogP contribution is -2.25. The van der Waals surface area contributed by atoms with Gasteiger partial charge < -0.3 is 9.88 Å². The third-order valence-electron chi connectivity index (χ3n) is 4.78. The number of para-hydroxylation sites is 2.